The number of hydrogen-bond donors (Lipinski definition) is 0. The van der Waals surface area contributed by atoms with Gasteiger partial charge in [-0.3, -0.25) is 4.79 Å². The summed E-state index contributed by atoms with van der Waals surface area (Å²) in [5, 5.41) is 0. The van der Waals surface area contributed by atoms with Gasteiger partial charge in [0, 0.05) is 6.42 Å². The first-order valence-electron chi connectivity index (χ1n) is 5.38. The van der Waals surface area contributed by atoms with E-state index < -0.39 is 0 Å². The highest BCUT2D eigenvalue weighted by molar-refractivity contribution is 5.91. The van der Waals surface area contributed by atoms with Gasteiger partial charge in [0.2, 0.25) is 0 Å². The molecule has 0 atom stereocenters. The quantitative estimate of drug-likeness (QED) is 0.650. The molecule has 0 aromatic rings. The van der Waals surface area contributed by atoms with E-state index >= 15 is 0 Å². The van der Waals surface area contributed by atoms with Gasteiger partial charge in [0.05, 0.1) is 0 Å². The van der Waals surface area contributed by atoms with Gasteiger partial charge in [0.1, 0.15) is 0 Å². The van der Waals surface area contributed by atoms with E-state index in [2.05, 4.69) is 26.0 Å². The number of hydrogen-bond acceptors (Lipinski definition) is 1. The lowest BCUT2D eigenvalue weighted by Gasteiger charge is -2.04. The van der Waals surface area contributed by atoms with Gasteiger partial charge < -0.3 is 0 Å². The molecule has 0 spiro atoms. The van der Waals surface area contributed by atoms with Crippen molar-refractivity contribution in [3.05, 3.63) is 35.5 Å². The zero-order valence-electron chi connectivity index (χ0n) is 9.05. The maximum Gasteiger partial charge on any atom is 0.156 e. The molecule has 0 aromatic carbocycles. The Bertz CT molecular complexity index is 292. The maximum absolute atomic E-state index is 11.2. The van der Waals surface area contributed by atoms with Crippen LogP contribution in [0.3, 0.4) is 0 Å². The second-order valence-corrected chi connectivity index (χ2v) is 3.50. The topological polar surface area (TPSA) is 17.1 Å². The summed E-state index contributed by atoms with van der Waals surface area (Å²) in [5.41, 5.74) is 2.57. The molecule has 1 aliphatic rings. The first-order valence-corrected chi connectivity index (χ1v) is 5.38. The van der Waals surface area contributed by atoms with Crippen LogP contribution in [0.15, 0.2) is 35.5 Å². The first kappa shape index (κ1) is 11.0. The lowest BCUT2D eigenvalue weighted by Crippen LogP contribution is -1.90. The highest BCUT2D eigenvalue weighted by Gasteiger charge is 2.08. The average Bonchev–Trinajstić information content (AvgIpc) is 2.33. The van der Waals surface area contributed by atoms with Crippen molar-refractivity contribution in [2.75, 3.05) is 0 Å². The fourth-order valence-corrected chi connectivity index (χ4v) is 1.66. The van der Waals surface area contributed by atoms with Crippen molar-refractivity contribution in [2.24, 2.45) is 0 Å². The lowest BCUT2D eigenvalue weighted by atomic mass is 10.0. The molecule has 0 saturated carbocycles. The van der Waals surface area contributed by atoms with Gasteiger partial charge in [-0.1, -0.05) is 32.1 Å². The van der Waals surface area contributed by atoms with Crippen molar-refractivity contribution in [1.29, 1.82) is 0 Å². The monoisotopic (exact) mass is 190 g/mol. The second kappa shape index (κ2) is 5.58. The van der Waals surface area contributed by atoms with E-state index in [1.54, 1.807) is 6.08 Å². The molecule has 76 valence electrons. The van der Waals surface area contributed by atoms with Crippen molar-refractivity contribution < 1.29 is 4.79 Å². The highest BCUT2D eigenvalue weighted by atomic mass is 16.1. The lowest BCUT2D eigenvalue weighted by molar-refractivity contribution is -0.114. The molecule has 0 amide bonds. The van der Waals surface area contributed by atoms with Crippen LogP contribution in [0.4, 0.5) is 0 Å². The third-order valence-electron chi connectivity index (χ3n) is 2.33. The third kappa shape index (κ3) is 2.99. The Morgan fingerprint density at radius 1 is 1.14 bits per heavy atom. The molecular weight excluding hydrogens is 172 g/mol. The normalized spacial score (nSPS) is 23.1. The molecule has 0 saturated heterocycles. The minimum absolute atomic E-state index is 0.242. The smallest absolute Gasteiger partial charge is 0.156 e. The van der Waals surface area contributed by atoms with Crippen molar-refractivity contribution in [1.82, 2.24) is 0 Å². The molecule has 0 heterocycles. The molecular formula is C13H18O. The SMILES string of the molecule is CC/C=C1/C=CC(=O)CC/C1=C\CC. The van der Waals surface area contributed by atoms with Gasteiger partial charge in [0.15, 0.2) is 5.78 Å². The van der Waals surface area contributed by atoms with Gasteiger partial charge in [0.25, 0.3) is 0 Å². The van der Waals surface area contributed by atoms with Gasteiger partial charge in [-0.15, -0.1) is 0 Å². The summed E-state index contributed by atoms with van der Waals surface area (Å²) in [6, 6.07) is 0. The van der Waals surface area contributed by atoms with Crippen LogP contribution in [-0.2, 0) is 4.79 Å². The zero-order valence-corrected chi connectivity index (χ0v) is 9.05. The molecule has 0 bridgehead atoms. The summed E-state index contributed by atoms with van der Waals surface area (Å²) < 4.78 is 0. The van der Waals surface area contributed by atoms with Crippen LogP contribution in [-0.4, -0.2) is 5.78 Å². The first-order chi connectivity index (χ1) is 6.77. The fraction of sp³-hybridized carbons (Fsp3) is 0.462. The van der Waals surface area contributed by atoms with E-state index in [0.717, 1.165) is 19.3 Å². The molecule has 0 unspecified atom stereocenters. The van der Waals surface area contributed by atoms with Crippen LogP contribution in [0.25, 0.3) is 0 Å². The second-order valence-electron chi connectivity index (χ2n) is 3.50. The minimum atomic E-state index is 0.242. The highest BCUT2D eigenvalue weighted by Crippen LogP contribution is 2.22. The van der Waals surface area contributed by atoms with Crippen LogP contribution in [0.1, 0.15) is 39.5 Å². The van der Waals surface area contributed by atoms with E-state index in [1.807, 2.05) is 6.08 Å². The van der Waals surface area contributed by atoms with E-state index in [1.165, 1.54) is 11.1 Å². The minimum Gasteiger partial charge on any atom is -0.295 e. The van der Waals surface area contributed by atoms with Crippen LogP contribution >= 0.6 is 0 Å². The summed E-state index contributed by atoms with van der Waals surface area (Å²) in [6.45, 7) is 4.25. The summed E-state index contributed by atoms with van der Waals surface area (Å²) in [4.78, 5) is 11.2. The van der Waals surface area contributed by atoms with Gasteiger partial charge in [-0.05, 0) is 36.5 Å². The molecule has 0 aromatic heterocycles. The summed E-state index contributed by atoms with van der Waals surface area (Å²) in [7, 11) is 0. The Kier molecular flexibility index (Phi) is 4.37. The molecule has 1 aliphatic carbocycles. The number of carbonyl (C=O) groups is 1. The predicted octanol–water partition coefficient (Wildman–Crippen LogP) is 3.58. The van der Waals surface area contributed by atoms with Gasteiger partial charge >= 0.3 is 0 Å². The molecule has 0 aliphatic heterocycles. The Labute approximate surface area is 86.2 Å². The van der Waals surface area contributed by atoms with E-state index in [0.29, 0.717) is 6.42 Å². The molecule has 0 fully saturated rings. The fourth-order valence-electron chi connectivity index (χ4n) is 1.66. The Morgan fingerprint density at radius 2 is 1.86 bits per heavy atom. The number of allylic oxidation sites excluding steroid dienone is 6. The molecule has 0 radical (unpaired) electrons. The standard InChI is InChI=1S/C13H18O/c1-3-5-11-7-9-13(14)10-8-12(11)6-4-2/h5-7,9H,3-4,8,10H2,1-2H3/b11-5-,12-6+. The van der Waals surface area contributed by atoms with Gasteiger partial charge in [-0.2, -0.15) is 0 Å². The van der Waals surface area contributed by atoms with Crippen molar-refractivity contribution in [3.63, 3.8) is 0 Å². The maximum atomic E-state index is 11.2. The van der Waals surface area contributed by atoms with Gasteiger partial charge in [-0.25, -0.2) is 0 Å². The van der Waals surface area contributed by atoms with Crippen LogP contribution in [0, 0.1) is 0 Å². The Morgan fingerprint density at radius 3 is 2.50 bits per heavy atom. The number of ketones is 1. The largest absolute Gasteiger partial charge is 0.295 e. The summed E-state index contributed by atoms with van der Waals surface area (Å²) in [5.74, 6) is 0.242. The molecule has 1 nitrogen and oxygen atoms in total. The Balaban J connectivity index is 2.93. The van der Waals surface area contributed by atoms with E-state index in [9.17, 15) is 4.79 Å². The van der Waals surface area contributed by atoms with Crippen LogP contribution < -0.4 is 0 Å². The van der Waals surface area contributed by atoms with E-state index in [4.69, 9.17) is 0 Å². The zero-order chi connectivity index (χ0) is 10.4. The number of rotatable bonds is 2. The average molecular weight is 190 g/mol. The van der Waals surface area contributed by atoms with Crippen molar-refractivity contribution >= 4 is 5.78 Å². The van der Waals surface area contributed by atoms with Crippen molar-refractivity contribution in [2.45, 2.75) is 39.5 Å². The van der Waals surface area contributed by atoms with E-state index in [-0.39, 0.29) is 5.78 Å². The molecule has 1 rings (SSSR count). The Hall–Kier alpha value is -1.11. The molecule has 1 heteroatoms. The van der Waals surface area contributed by atoms with Crippen LogP contribution in [0.2, 0.25) is 0 Å². The van der Waals surface area contributed by atoms with Crippen molar-refractivity contribution in [3.8, 4) is 0 Å². The third-order valence-corrected chi connectivity index (χ3v) is 2.33. The predicted molar refractivity (Wildman–Crippen MR) is 60.1 cm³/mol. The summed E-state index contributed by atoms with van der Waals surface area (Å²) >= 11 is 0. The summed E-state index contributed by atoms with van der Waals surface area (Å²) in [6.07, 6.45) is 11.7. The molecule has 14 heavy (non-hydrogen) atoms. The van der Waals surface area contributed by atoms with Crippen LogP contribution in [0.5, 0.6) is 0 Å². The number of carbonyl (C=O) groups excluding carboxylic acids is 1. The molecule has 0 N–H and O–H groups in total.